The molecule has 10 heteroatoms. The molecule has 1 N–H and O–H groups in total. The number of tetrazole rings is 1. The molecule has 0 aliphatic rings. The van der Waals surface area contributed by atoms with Gasteiger partial charge in [-0.1, -0.05) is 52.0 Å². The third kappa shape index (κ3) is 6.07. The van der Waals surface area contributed by atoms with E-state index < -0.39 is 5.82 Å². The van der Waals surface area contributed by atoms with Crippen molar-refractivity contribution in [2.45, 2.75) is 46.4 Å². The zero-order valence-electron chi connectivity index (χ0n) is 17.4. The number of ether oxygens (including phenoxy) is 2. The van der Waals surface area contributed by atoms with E-state index in [0.717, 1.165) is 29.4 Å². The Balaban J connectivity index is 1.75. The van der Waals surface area contributed by atoms with Gasteiger partial charge in [0.2, 0.25) is 5.95 Å². The summed E-state index contributed by atoms with van der Waals surface area (Å²) < 4.78 is 28.2. The first kappa shape index (κ1) is 23.3. The highest BCUT2D eigenvalue weighted by molar-refractivity contribution is 9.10. The normalized spacial score (nSPS) is 10.9. The lowest BCUT2D eigenvalue weighted by molar-refractivity contribution is 0.265. The minimum atomic E-state index is -0.411. The number of benzene rings is 2. The Morgan fingerprint density at radius 2 is 2.00 bits per heavy atom. The second-order valence-corrected chi connectivity index (χ2v) is 8.01. The molecule has 0 unspecified atom stereocenters. The van der Waals surface area contributed by atoms with E-state index in [4.69, 9.17) is 21.1 Å². The molecule has 0 fully saturated rings. The summed E-state index contributed by atoms with van der Waals surface area (Å²) in [4.78, 5) is 0. The lowest BCUT2D eigenvalue weighted by atomic mass is 10.2. The maximum Gasteiger partial charge on any atom is 0.243 e. The molecule has 31 heavy (non-hydrogen) atoms. The Hall–Kier alpha value is -2.39. The van der Waals surface area contributed by atoms with Crippen molar-refractivity contribution < 1.29 is 13.9 Å². The van der Waals surface area contributed by atoms with Crippen LogP contribution in [0, 0.1) is 5.82 Å². The van der Waals surface area contributed by atoms with Crippen molar-refractivity contribution in [3.05, 3.63) is 56.8 Å². The Labute approximate surface area is 194 Å². The number of aromatic nitrogens is 4. The average molecular weight is 513 g/mol. The van der Waals surface area contributed by atoms with Gasteiger partial charge < -0.3 is 14.8 Å². The molecule has 3 rings (SSSR count). The van der Waals surface area contributed by atoms with Gasteiger partial charge in [-0.2, -0.15) is 0 Å². The Kier molecular flexibility index (Phi) is 8.48. The smallest absolute Gasteiger partial charge is 0.243 e. The fourth-order valence-electron chi connectivity index (χ4n) is 2.88. The van der Waals surface area contributed by atoms with E-state index in [9.17, 15) is 4.39 Å². The number of rotatable bonds is 11. The van der Waals surface area contributed by atoms with Gasteiger partial charge in [-0.05, 0) is 53.6 Å². The van der Waals surface area contributed by atoms with E-state index >= 15 is 0 Å². The van der Waals surface area contributed by atoms with Crippen LogP contribution in [0.5, 0.6) is 11.5 Å². The first-order valence-electron chi connectivity index (χ1n) is 10.0. The number of nitrogens with zero attached hydrogens (tertiary/aromatic N) is 4. The molecule has 0 aliphatic carbocycles. The van der Waals surface area contributed by atoms with Gasteiger partial charge in [-0.3, -0.25) is 0 Å². The van der Waals surface area contributed by atoms with E-state index in [1.165, 1.54) is 6.07 Å². The lowest BCUT2D eigenvalue weighted by Gasteiger charge is -2.16. The maximum absolute atomic E-state index is 14.1. The van der Waals surface area contributed by atoms with Crippen molar-refractivity contribution >= 4 is 33.5 Å². The van der Waals surface area contributed by atoms with E-state index in [1.807, 2.05) is 13.0 Å². The SMILES string of the molecule is CCCCn1nnnc1NCc1cc(OCC)c(OCc2c(F)cccc2Cl)cc1Br. The molecular weight excluding hydrogens is 489 g/mol. The van der Waals surface area contributed by atoms with Crippen molar-refractivity contribution in [3.8, 4) is 11.5 Å². The number of hydrogen-bond donors (Lipinski definition) is 1. The summed E-state index contributed by atoms with van der Waals surface area (Å²) in [7, 11) is 0. The molecule has 0 saturated carbocycles. The Morgan fingerprint density at radius 1 is 1.19 bits per heavy atom. The average Bonchev–Trinajstić information content (AvgIpc) is 3.20. The van der Waals surface area contributed by atoms with Gasteiger partial charge in [0.05, 0.1) is 11.6 Å². The van der Waals surface area contributed by atoms with Crippen LogP contribution in [0.3, 0.4) is 0 Å². The second kappa shape index (κ2) is 11.3. The van der Waals surface area contributed by atoms with Crippen molar-refractivity contribution in [1.29, 1.82) is 0 Å². The summed E-state index contributed by atoms with van der Waals surface area (Å²) in [6, 6.07) is 8.22. The minimum Gasteiger partial charge on any atom is -0.490 e. The van der Waals surface area contributed by atoms with Crippen molar-refractivity contribution in [2.24, 2.45) is 0 Å². The summed E-state index contributed by atoms with van der Waals surface area (Å²) in [5.41, 5.74) is 1.23. The fourth-order valence-corrected chi connectivity index (χ4v) is 3.56. The van der Waals surface area contributed by atoms with Crippen LogP contribution in [-0.2, 0) is 19.7 Å². The third-order valence-electron chi connectivity index (χ3n) is 4.54. The molecule has 0 bridgehead atoms. The van der Waals surface area contributed by atoms with Gasteiger partial charge in [0, 0.05) is 23.1 Å². The molecule has 0 radical (unpaired) electrons. The first-order chi connectivity index (χ1) is 15.0. The predicted octanol–water partition coefficient (Wildman–Crippen LogP) is 5.62. The fraction of sp³-hybridized carbons (Fsp3) is 0.381. The van der Waals surface area contributed by atoms with E-state index in [2.05, 4.69) is 43.7 Å². The summed E-state index contributed by atoms with van der Waals surface area (Å²) in [5.74, 6) is 1.24. The third-order valence-corrected chi connectivity index (χ3v) is 5.63. The molecule has 3 aromatic rings. The number of unbranched alkanes of at least 4 members (excludes halogenated alkanes) is 1. The highest BCUT2D eigenvalue weighted by Crippen LogP contribution is 2.35. The number of halogens is 3. The topological polar surface area (TPSA) is 74.1 Å². The molecule has 7 nitrogen and oxygen atoms in total. The van der Waals surface area contributed by atoms with Crippen LogP contribution >= 0.6 is 27.5 Å². The molecule has 1 heterocycles. The number of hydrogen-bond acceptors (Lipinski definition) is 6. The van der Waals surface area contributed by atoms with Crippen LogP contribution in [0.4, 0.5) is 10.3 Å². The van der Waals surface area contributed by atoms with Gasteiger partial charge in [-0.25, -0.2) is 9.07 Å². The van der Waals surface area contributed by atoms with Gasteiger partial charge in [-0.15, -0.1) is 0 Å². The second-order valence-electron chi connectivity index (χ2n) is 6.74. The Bertz CT molecular complexity index is 997. The molecule has 0 saturated heterocycles. The largest absolute Gasteiger partial charge is 0.490 e. The number of nitrogens with one attached hydrogen (secondary N) is 1. The monoisotopic (exact) mass is 511 g/mol. The van der Waals surface area contributed by atoms with Gasteiger partial charge in [0.15, 0.2) is 11.5 Å². The number of anilines is 1. The van der Waals surface area contributed by atoms with Crippen molar-refractivity contribution in [2.75, 3.05) is 11.9 Å². The molecule has 0 aliphatic heterocycles. The van der Waals surface area contributed by atoms with Gasteiger partial charge in [0.25, 0.3) is 0 Å². The maximum atomic E-state index is 14.1. The Morgan fingerprint density at radius 3 is 2.74 bits per heavy atom. The van der Waals surface area contributed by atoms with Crippen LogP contribution in [0.1, 0.15) is 37.8 Å². The molecule has 2 aromatic carbocycles. The van der Waals surface area contributed by atoms with Crippen LogP contribution < -0.4 is 14.8 Å². The first-order valence-corrected chi connectivity index (χ1v) is 11.2. The van der Waals surface area contributed by atoms with Crippen LogP contribution in [0.2, 0.25) is 5.02 Å². The van der Waals surface area contributed by atoms with Crippen molar-refractivity contribution in [3.63, 3.8) is 0 Å². The zero-order valence-corrected chi connectivity index (χ0v) is 19.7. The molecule has 166 valence electrons. The van der Waals surface area contributed by atoms with Crippen LogP contribution in [-0.4, -0.2) is 26.8 Å². The molecular formula is C21H24BrClFN5O2. The summed E-state index contributed by atoms with van der Waals surface area (Å²) in [6.45, 7) is 5.69. The van der Waals surface area contributed by atoms with Crippen molar-refractivity contribution in [1.82, 2.24) is 20.2 Å². The van der Waals surface area contributed by atoms with E-state index in [0.29, 0.717) is 41.2 Å². The van der Waals surface area contributed by atoms with Gasteiger partial charge in [0.1, 0.15) is 12.4 Å². The summed E-state index contributed by atoms with van der Waals surface area (Å²) in [6.07, 6.45) is 2.05. The predicted molar refractivity (Wildman–Crippen MR) is 121 cm³/mol. The molecule has 1 aromatic heterocycles. The molecule has 0 atom stereocenters. The molecule has 0 spiro atoms. The highest BCUT2D eigenvalue weighted by Gasteiger charge is 2.14. The quantitative estimate of drug-likeness (QED) is 0.359. The lowest BCUT2D eigenvalue weighted by Crippen LogP contribution is -2.10. The zero-order chi connectivity index (χ0) is 22.2. The highest BCUT2D eigenvalue weighted by atomic mass is 79.9. The van der Waals surface area contributed by atoms with Gasteiger partial charge >= 0.3 is 0 Å². The van der Waals surface area contributed by atoms with Crippen LogP contribution in [0.15, 0.2) is 34.8 Å². The van der Waals surface area contributed by atoms with E-state index in [1.54, 1.807) is 22.9 Å². The number of aryl methyl sites for hydroxylation is 1. The summed E-state index contributed by atoms with van der Waals surface area (Å²) >= 11 is 9.68. The summed E-state index contributed by atoms with van der Waals surface area (Å²) in [5, 5.41) is 15.4. The standard InChI is InChI=1S/C21H24BrClFN5O2/c1-3-5-9-29-21(26-27-28-29)25-12-14-10-19(30-4-2)20(11-16(14)22)31-13-15-17(23)7-6-8-18(15)24/h6-8,10-11H,3-5,9,12-13H2,1-2H3,(H,25,26,28). The van der Waals surface area contributed by atoms with E-state index in [-0.39, 0.29) is 6.61 Å². The molecule has 0 amide bonds. The minimum absolute atomic E-state index is 0.0121. The van der Waals surface area contributed by atoms with Crippen LogP contribution in [0.25, 0.3) is 0 Å².